The Hall–Kier alpha value is -6.98. The van der Waals surface area contributed by atoms with Gasteiger partial charge < -0.3 is 35.3 Å². The van der Waals surface area contributed by atoms with Crippen molar-refractivity contribution >= 4 is 58.7 Å². The molecule has 4 N–H and O–H groups in total. The van der Waals surface area contributed by atoms with E-state index in [9.17, 15) is 28.8 Å². The molecule has 0 atom stereocenters. The minimum Gasteiger partial charge on any atom is -0.465 e. The fraction of sp³-hybridized carbons (Fsp3) is 0.278. The van der Waals surface area contributed by atoms with Crippen LogP contribution in [-0.4, -0.2) is 81.3 Å². The quantitative estimate of drug-likeness (QED) is 0.124. The topological polar surface area (TPSA) is 244 Å². The van der Waals surface area contributed by atoms with E-state index in [1.807, 2.05) is 0 Å². The molecule has 18 nitrogen and oxygen atoms in total. The second-order valence-electron chi connectivity index (χ2n) is 12.8. The Bertz CT molecular complexity index is 1970. The molecule has 0 fully saturated rings. The lowest BCUT2D eigenvalue weighted by Gasteiger charge is -2.30. The van der Waals surface area contributed by atoms with E-state index < -0.39 is 47.1 Å². The normalized spacial score (nSPS) is 10.7. The van der Waals surface area contributed by atoms with Crippen molar-refractivity contribution in [3.63, 3.8) is 0 Å². The zero-order chi connectivity index (χ0) is 40.2. The van der Waals surface area contributed by atoms with Crippen molar-refractivity contribution in [3.05, 3.63) is 96.1 Å². The van der Waals surface area contributed by atoms with Crippen LogP contribution in [0.2, 0.25) is 0 Å². The van der Waals surface area contributed by atoms with Crippen LogP contribution >= 0.6 is 0 Å². The largest absolute Gasteiger partial charge is 0.465 e. The number of nitrogens with one attached hydrogen (secondary N) is 2. The van der Waals surface area contributed by atoms with Crippen LogP contribution in [0.1, 0.15) is 83.2 Å². The number of rotatable bonds is 7. The first-order valence-electron chi connectivity index (χ1n) is 16.0. The van der Waals surface area contributed by atoms with Crippen molar-refractivity contribution < 1.29 is 47.7 Å². The van der Waals surface area contributed by atoms with Crippen LogP contribution in [-0.2, 0) is 18.9 Å². The molecule has 4 rings (SSSR count). The van der Waals surface area contributed by atoms with Crippen molar-refractivity contribution in [2.75, 3.05) is 35.5 Å². The monoisotopic (exact) mass is 744 g/mol. The standard InChI is InChI=1S/C23H28N4O7.C13H12N4O3/c1-22(2,3)33-20(30)27(21(31)34-23(4,5)6)17-14(19(29)32-7)9-8-10-15(17)26-18(28)16-13-24-11-12-25-16;1-20-13(19)8-3-2-4-9(11(8)14)17-12(18)10-7-15-5-6-16-10/h8-13H,1-7H3,(H,26,28);2-7H,14H2,1H3,(H,17,18). The molecule has 4 amide bonds. The van der Waals surface area contributed by atoms with Crippen LogP contribution in [0.5, 0.6) is 0 Å². The summed E-state index contributed by atoms with van der Waals surface area (Å²) in [7, 11) is 2.40. The highest BCUT2D eigenvalue weighted by molar-refractivity contribution is 6.18. The molecule has 2 heterocycles. The molecule has 0 aliphatic heterocycles. The second kappa shape index (κ2) is 18.0. The molecule has 4 aromatic rings. The maximum Gasteiger partial charge on any atom is 0.424 e. The predicted octanol–water partition coefficient (Wildman–Crippen LogP) is 5.29. The lowest BCUT2D eigenvalue weighted by Crippen LogP contribution is -2.44. The fourth-order valence-corrected chi connectivity index (χ4v) is 4.20. The molecule has 0 unspecified atom stereocenters. The Morgan fingerprint density at radius 2 is 1.06 bits per heavy atom. The molecular weight excluding hydrogens is 704 g/mol. The number of esters is 2. The van der Waals surface area contributed by atoms with E-state index in [1.54, 1.807) is 53.7 Å². The minimum atomic E-state index is -1.12. The number of imide groups is 1. The first-order valence-corrected chi connectivity index (χ1v) is 16.0. The summed E-state index contributed by atoms with van der Waals surface area (Å²) in [5.41, 5.74) is 4.09. The summed E-state index contributed by atoms with van der Waals surface area (Å²) in [6, 6.07) is 8.87. The van der Waals surface area contributed by atoms with E-state index in [-0.39, 0.29) is 39.6 Å². The van der Waals surface area contributed by atoms with Crippen molar-refractivity contribution in [1.29, 1.82) is 0 Å². The van der Waals surface area contributed by atoms with Gasteiger partial charge in [0, 0.05) is 24.8 Å². The lowest BCUT2D eigenvalue weighted by atomic mass is 10.1. The van der Waals surface area contributed by atoms with E-state index in [2.05, 4.69) is 35.3 Å². The maximum atomic E-state index is 13.2. The van der Waals surface area contributed by atoms with E-state index in [1.165, 1.54) is 68.6 Å². The first kappa shape index (κ1) is 41.4. The van der Waals surface area contributed by atoms with Gasteiger partial charge in [-0.15, -0.1) is 0 Å². The molecule has 2 aromatic heterocycles. The number of nitrogen functional groups attached to an aromatic ring is 1. The Morgan fingerprint density at radius 3 is 1.48 bits per heavy atom. The fourth-order valence-electron chi connectivity index (χ4n) is 4.20. The molecule has 54 heavy (non-hydrogen) atoms. The number of hydrogen-bond donors (Lipinski definition) is 3. The van der Waals surface area contributed by atoms with Gasteiger partial charge in [0.05, 0.1) is 60.5 Å². The average molecular weight is 745 g/mol. The number of aromatic nitrogens is 4. The van der Waals surface area contributed by atoms with Crippen molar-refractivity contribution in [2.45, 2.75) is 52.7 Å². The van der Waals surface area contributed by atoms with Gasteiger partial charge in [0.1, 0.15) is 22.6 Å². The van der Waals surface area contributed by atoms with Crippen LogP contribution in [0.15, 0.2) is 73.6 Å². The summed E-state index contributed by atoms with van der Waals surface area (Å²) in [5, 5.41) is 5.13. The number of methoxy groups -OCH3 is 2. The number of ether oxygens (including phenoxy) is 4. The number of hydrogen-bond acceptors (Lipinski definition) is 15. The summed E-state index contributed by atoms with van der Waals surface area (Å²) < 4.78 is 20.2. The molecule has 284 valence electrons. The highest BCUT2D eigenvalue weighted by Gasteiger charge is 2.37. The van der Waals surface area contributed by atoms with Crippen LogP contribution in [0.4, 0.5) is 32.3 Å². The molecule has 0 aliphatic rings. The Morgan fingerprint density at radius 1 is 0.630 bits per heavy atom. The van der Waals surface area contributed by atoms with Crippen LogP contribution in [0.25, 0.3) is 0 Å². The number of carbonyl (C=O) groups is 6. The third kappa shape index (κ3) is 11.5. The van der Waals surface area contributed by atoms with E-state index in [0.29, 0.717) is 10.6 Å². The van der Waals surface area contributed by atoms with Crippen LogP contribution in [0, 0.1) is 0 Å². The van der Waals surface area contributed by atoms with Gasteiger partial charge in [0.2, 0.25) is 0 Å². The van der Waals surface area contributed by atoms with E-state index in [0.717, 1.165) is 7.11 Å². The molecule has 0 spiro atoms. The highest BCUT2D eigenvalue weighted by atomic mass is 16.6. The maximum absolute atomic E-state index is 13.2. The number of benzene rings is 2. The predicted molar refractivity (Wildman–Crippen MR) is 195 cm³/mol. The molecule has 2 aromatic carbocycles. The summed E-state index contributed by atoms with van der Waals surface area (Å²) in [6.45, 7) is 9.67. The summed E-state index contributed by atoms with van der Waals surface area (Å²) in [6.07, 6.45) is 5.92. The zero-order valence-electron chi connectivity index (χ0n) is 30.8. The third-order valence-corrected chi connectivity index (χ3v) is 6.42. The van der Waals surface area contributed by atoms with E-state index in [4.69, 9.17) is 19.9 Å². The third-order valence-electron chi connectivity index (χ3n) is 6.42. The SMILES string of the molecule is COC(=O)c1cccc(NC(=O)c2cnccn2)c1N.COC(=O)c1cccc(NC(=O)c2cnccn2)c1N(C(=O)OC(C)(C)C)C(=O)OC(C)(C)C. The van der Waals surface area contributed by atoms with Gasteiger partial charge in [-0.3, -0.25) is 19.6 Å². The average Bonchev–Trinajstić information content (AvgIpc) is 3.12. The van der Waals surface area contributed by atoms with Crippen molar-refractivity contribution in [1.82, 2.24) is 19.9 Å². The van der Waals surface area contributed by atoms with Gasteiger partial charge in [-0.2, -0.15) is 4.90 Å². The number of anilines is 4. The number of para-hydroxylation sites is 2. The number of amides is 4. The molecule has 18 heteroatoms. The molecular formula is C36H40N8O10. The van der Waals surface area contributed by atoms with Gasteiger partial charge >= 0.3 is 24.1 Å². The van der Waals surface area contributed by atoms with Crippen LogP contribution in [0.3, 0.4) is 0 Å². The van der Waals surface area contributed by atoms with Gasteiger partial charge in [0.25, 0.3) is 11.8 Å². The Balaban J connectivity index is 0.000000331. The molecule has 0 bridgehead atoms. The number of nitrogens with zero attached hydrogens (tertiary/aromatic N) is 5. The molecule has 0 aliphatic carbocycles. The summed E-state index contributed by atoms with van der Waals surface area (Å²) >= 11 is 0. The Kier molecular flexibility index (Phi) is 13.8. The Labute approximate surface area is 310 Å². The van der Waals surface area contributed by atoms with Gasteiger partial charge in [-0.25, -0.2) is 29.1 Å². The van der Waals surface area contributed by atoms with Crippen LogP contribution < -0.4 is 21.3 Å². The smallest absolute Gasteiger partial charge is 0.424 e. The van der Waals surface area contributed by atoms with Crippen molar-refractivity contribution in [3.8, 4) is 0 Å². The van der Waals surface area contributed by atoms with Gasteiger partial charge in [-0.1, -0.05) is 12.1 Å². The minimum absolute atomic E-state index is 0.0296. The van der Waals surface area contributed by atoms with E-state index >= 15 is 0 Å². The molecule has 0 saturated carbocycles. The number of carbonyl (C=O) groups excluding carboxylic acids is 6. The highest BCUT2D eigenvalue weighted by Crippen LogP contribution is 2.34. The molecule has 0 saturated heterocycles. The van der Waals surface area contributed by atoms with Crippen molar-refractivity contribution in [2.24, 2.45) is 0 Å². The molecule has 0 radical (unpaired) electrons. The first-order chi connectivity index (χ1) is 25.4. The lowest BCUT2D eigenvalue weighted by molar-refractivity contribution is 0.0428. The summed E-state index contributed by atoms with van der Waals surface area (Å²) in [4.78, 5) is 91.1. The summed E-state index contributed by atoms with van der Waals surface area (Å²) in [5.74, 6) is -2.59. The zero-order valence-corrected chi connectivity index (χ0v) is 30.8. The second-order valence-corrected chi connectivity index (χ2v) is 12.8. The number of nitrogens with two attached hydrogens (primary N) is 1. The van der Waals surface area contributed by atoms with Gasteiger partial charge in [0.15, 0.2) is 0 Å². The van der Waals surface area contributed by atoms with Gasteiger partial charge in [-0.05, 0) is 65.8 Å².